The number of halogens is 1. The number of rotatable bonds is 6. The molecule has 0 saturated heterocycles. The number of hydrogen-bond donors (Lipinski definition) is 1. The van der Waals surface area contributed by atoms with Gasteiger partial charge in [0.15, 0.2) is 0 Å². The molecule has 1 heterocycles. The van der Waals surface area contributed by atoms with Gasteiger partial charge in [-0.05, 0) is 29.8 Å². The zero-order valence-electron chi connectivity index (χ0n) is 15.2. The standard InChI is InChI=1S/C19H15FN4O5/c1-29-17-8-6-14(24(27)28)10-16(17)21-19(26)15-7-9-18(25)23(22-15)11-12-2-4-13(20)5-3-12/h2-10H,11H2,1H3,(H,21,26). The van der Waals surface area contributed by atoms with Crippen LogP contribution in [0.4, 0.5) is 15.8 Å². The highest BCUT2D eigenvalue weighted by Crippen LogP contribution is 2.29. The molecule has 0 bridgehead atoms. The van der Waals surface area contributed by atoms with Gasteiger partial charge in [0.1, 0.15) is 17.3 Å². The van der Waals surface area contributed by atoms with Gasteiger partial charge in [-0.15, -0.1) is 0 Å². The minimum absolute atomic E-state index is 0.0420. The maximum Gasteiger partial charge on any atom is 0.276 e. The first-order valence-corrected chi connectivity index (χ1v) is 8.34. The predicted octanol–water partition coefficient (Wildman–Crippen LogP) is 2.60. The van der Waals surface area contributed by atoms with Gasteiger partial charge < -0.3 is 10.1 Å². The van der Waals surface area contributed by atoms with E-state index >= 15 is 0 Å². The number of nitrogens with one attached hydrogen (secondary N) is 1. The maximum absolute atomic E-state index is 13.0. The van der Waals surface area contributed by atoms with Gasteiger partial charge in [-0.3, -0.25) is 19.7 Å². The smallest absolute Gasteiger partial charge is 0.276 e. The quantitative estimate of drug-likeness (QED) is 0.504. The Labute approximate surface area is 163 Å². The van der Waals surface area contributed by atoms with E-state index in [1.165, 1.54) is 55.6 Å². The summed E-state index contributed by atoms with van der Waals surface area (Å²) in [6, 6.07) is 11.7. The van der Waals surface area contributed by atoms with Crippen LogP contribution in [0.2, 0.25) is 0 Å². The summed E-state index contributed by atoms with van der Waals surface area (Å²) in [6.45, 7) is 0.0420. The minimum atomic E-state index is -0.684. The number of aromatic nitrogens is 2. The third-order valence-corrected chi connectivity index (χ3v) is 3.99. The number of hydrogen-bond acceptors (Lipinski definition) is 6. The van der Waals surface area contributed by atoms with E-state index in [0.29, 0.717) is 5.56 Å². The molecule has 3 rings (SSSR count). The first-order valence-electron chi connectivity index (χ1n) is 8.34. The molecule has 1 aromatic heterocycles. The number of ether oxygens (including phenoxy) is 1. The third-order valence-electron chi connectivity index (χ3n) is 3.99. The Bertz CT molecular complexity index is 1130. The summed E-state index contributed by atoms with van der Waals surface area (Å²) < 4.78 is 19.2. The molecule has 0 unspecified atom stereocenters. The lowest BCUT2D eigenvalue weighted by Gasteiger charge is -2.11. The normalized spacial score (nSPS) is 10.4. The van der Waals surface area contributed by atoms with E-state index in [1.54, 1.807) is 0 Å². The van der Waals surface area contributed by atoms with Crippen molar-refractivity contribution < 1.29 is 18.8 Å². The number of benzene rings is 2. The maximum atomic E-state index is 13.0. The lowest BCUT2D eigenvalue weighted by atomic mass is 10.2. The highest BCUT2D eigenvalue weighted by Gasteiger charge is 2.16. The van der Waals surface area contributed by atoms with Crippen LogP contribution in [0.3, 0.4) is 0 Å². The number of carbonyl (C=O) groups is 1. The highest BCUT2D eigenvalue weighted by atomic mass is 19.1. The fourth-order valence-corrected chi connectivity index (χ4v) is 2.54. The lowest BCUT2D eigenvalue weighted by Crippen LogP contribution is -2.26. The summed E-state index contributed by atoms with van der Waals surface area (Å²) in [6.07, 6.45) is 0. The summed E-state index contributed by atoms with van der Waals surface area (Å²) in [5.41, 5.74) is -0.0434. The molecule has 0 aliphatic heterocycles. The molecule has 148 valence electrons. The van der Waals surface area contributed by atoms with Gasteiger partial charge in [-0.25, -0.2) is 9.07 Å². The van der Waals surface area contributed by atoms with Crippen LogP contribution in [0, 0.1) is 15.9 Å². The summed E-state index contributed by atoms with van der Waals surface area (Å²) >= 11 is 0. The molecule has 2 aromatic carbocycles. The largest absolute Gasteiger partial charge is 0.495 e. The fraction of sp³-hybridized carbons (Fsp3) is 0.105. The number of nitrogens with zero attached hydrogens (tertiary/aromatic N) is 3. The number of carbonyl (C=O) groups excluding carboxylic acids is 1. The fourth-order valence-electron chi connectivity index (χ4n) is 2.54. The monoisotopic (exact) mass is 398 g/mol. The Kier molecular flexibility index (Phi) is 5.63. The Morgan fingerprint density at radius 3 is 2.59 bits per heavy atom. The van der Waals surface area contributed by atoms with Crippen LogP contribution in [-0.4, -0.2) is 27.7 Å². The van der Waals surface area contributed by atoms with Crippen LogP contribution in [0.5, 0.6) is 5.75 Å². The van der Waals surface area contributed by atoms with E-state index in [0.717, 1.165) is 10.7 Å². The topological polar surface area (TPSA) is 116 Å². The van der Waals surface area contributed by atoms with Crippen LogP contribution in [0.1, 0.15) is 16.1 Å². The Hall–Kier alpha value is -4.08. The number of amides is 1. The molecule has 3 aromatic rings. The van der Waals surface area contributed by atoms with Crippen LogP contribution in [-0.2, 0) is 6.54 Å². The molecule has 0 atom stereocenters. The minimum Gasteiger partial charge on any atom is -0.495 e. The van der Waals surface area contributed by atoms with Gasteiger partial charge in [0, 0.05) is 18.2 Å². The van der Waals surface area contributed by atoms with Crippen molar-refractivity contribution >= 4 is 17.3 Å². The number of anilines is 1. The zero-order valence-corrected chi connectivity index (χ0v) is 15.2. The van der Waals surface area contributed by atoms with Crippen molar-refractivity contribution in [1.82, 2.24) is 9.78 Å². The van der Waals surface area contributed by atoms with Gasteiger partial charge in [0.2, 0.25) is 0 Å². The Balaban J connectivity index is 1.86. The van der Waals surface area contributed by atoms with Gasteiger partial charge in [0.25, 0.3) is 17.2 Å². The molecule has 0 spiro atoms. The summed E-state index contributed by atoms with van der Waals surface area (Å²) in [4.78, 5) is 35.0. The second-order valence-corrected chi connectivity index (χ2v) is 5.94. The van der Waals surface area contributed by atoms with Crippen LogP contribution in [0.25, 0.3) is 0 Å². The van der Waals surface area contributed by atoms with Crippen molar-refractivity contribution in [3.8, 4) is 5.75 Å². The van der Waals surface area contributed by atoms with E-state index in [-0.39, 0.29) is 29.4 Å². The van der Waals surface area contributed by atoms with Gasteiger partial charge in [-0.2, -0.15) is 5.10 Å². The number of non-ortho nitro benzene ring substituents is 1. The average Bonchev–Trinajstić information content (AvgIpc) is 2.71. The predicted molar refractivity (Wildman–Crippen MR) is 102 cm³/mol. The molecular weight excluding hydrogens is 383 g/mol. The Morgan fingerprint density at radius 1 is 1.21 bits per heavy atom. The number of nitro groups is 1. The van der Waals surface area contributed by atoms with Crippen molar-refractivity contribution in [2.45, 2.75) is 6.54 Å². The summed E-state index contributed by atoms with van der Waals surface area (Å²) in [5, 5.41) is 17.5. The highest BCUT2D eigenvalue weighted by molar-refractivity contribution is 6.03. The first kappa shape index (κ1) is 19.7. The molecule has 0 saturated carbocycles. The molecule has 0 radical (unpaired) electrons. The molecule has 1 N–H and O–H groups in total. The molecule has 10 heteroatoms. The first-order chi connectivity index (χ1) is 13.9. The lowest BCUT2D eigenvalue weighted by molar-refractivity contribution is -0.384. The van der Waals surface area contributed by atoms with E-state index in [2.05, 4.69) is 10.4 Å². The van der Waals surface area contributed by atoms with Gasteiger partial charge >= 0.3 is 0 Å². The van der Waals surface area contributed by atoms with Crippen molar-refractivity contribution in [2.24, 2.45) is 0 Å². The molecule has 29 heavy (non-hydrogen) atoms. The van der Waals surface area contributed by atoms with Crippen LogP contribution >= 0.6 is 0 Å². The van der Waals surface area contributed by atoms with E-state index in [1.807, 2.05) is 0 Å². The van der Waals surface area contributed by atoms with Gasteiger partial charge in [-0.1, -0.05) is 12.1 Å². The zero-order chi connectivity index (χ0) is 21.0. The summed E-state index contributed by atoms with van der Waals surface area (Å²) in [7, 11) is 1.36. The van der Waals surface area contributed by atoms with E-state index in [4.69, 9.17) is 4.74 Å². The second-order valence-electron chi connectivity index (χ2n) is 5.94. The van der Waals surface area contributed by atoms with Gasteiger partial charge in [0.05, 0.1) is 24.3 Å². The molecular formula is C19H15FN4O5. The third kappa shape index (κ3) is 4.61. The second kappa shape index (κ2) is 8.30. The molecule has 1 amide bonds. The van der Waals surface area contributed by atoms with E-state index < -0.39 is 22.2 Å². The molecule has 0 aliphatic rings. The van der Waals surface area contributed by atoms with Crippen LogP contribution in [0.15, 0.2) is 59.4 Å². The van der Waals surface area contributed by atoms with Crippen molar-refractivity contribution in [3.63, 3.8) is 0 Å². The number of methoxy groups -OCH3 is 1. The van der Waals surface area contributed by atoms with Crippen LogP contribution < -0.4 is 15.6 Å². The molecule has 0 fully saturated rings. The van der Waals surface area contributed by atoms with Crippen molar-refractivity contribution in [2.75, 3.05) is 12.4 Å². The van der Waals surface area contributed by atoms with Crippen molar-refractivity contribution in [1.29, 1.82) is 0 Å². The van der Waals surface area contributed by atoms with E-state index in [9.17, 15) is 24.1 Å². The molecule has 0 aliphatic carbocycles. The SMILES string of the molecule is COc1ccc([N+](=O)[O-])cc1NC(=O)c1ccc(=O)n(Cc2ccc(F)cc2)n1. The Morgan fingerprint density at radius 2 is 1.93 bits per heavy atom. The summed E-state index contributed by atoms with van der Waals surface area (Å²) in [5.74, 6) is -0.867. The number of nitro benzene ring substituents is 1. The average molecular weight is 398 g/mol. The molecule has 9 nitrogen and oxygen atoms in total. The van der Waals surface area contributed by atoms with Crippen molar-refractivity contribution in [3.05, 3.63) is 92.1 Å².